The van der Waals surface area contributed by atoms with Crippen LogP contribution in [0.5, 0.6) is 0 Å². The third kappa shape index (κ3) is 3.67. The van der Waals surface area contributed by atoms with Crippen LogP contribution in [-0.4, -0.2) is 33.5 Å². The number of hydrogen-bond acceptors (Lipinski definition) is 4. The van der Waals surface area contributed by atoms with E-state index in [0.717, 1.165) is 0 Å². The molecular formula is C12H14BrFN2O2. The molecule has 0 amide bonds. The van der Waals surface area contributed by atoms with Crippen molar-refractivity contribution in [2.24, 2.45) is 0 Å². The first-order valence-electron chi connectivity index (χ1n) is 5.27. The number of hydrogen-bond donors (Lipinski definition) is 1. The summed E-state index contributed by atoms with van der Waals surface area (Å²) >= 11 is 3.05. The molecule has 1 aromatic carbocycles. The first-order valence-corrected chi connectivity index (χ1v) is 6.07. The SMILES string of the molecule is COCC(CNc1ccc(C#N)c(Br)c1F)OC. The van der Waals surface area contributed by atoms with Crippen molar-refractivity contribution >= 4 is 21.6 Å². The number of nitrogens with one attached hydrogen (secondary N) is 1. The number of nitrogens with zero attached hydrogens (tertiary/aromatic N) is 1. The highest BCUT2D eigenvalue weighted by Gasteiger charge is 2.12. The number of anilines is 1. The quantitative estimate of drug-likeness (QED) is 0.876. The molecule has 0 saturated heterocycles. The van der Waals surface area contributed by atoms with Gasteiger partial charge in [0.05, 0.1) is 28.4 Å². The number of benzene rings is 1. The van der Waals surface area contributed by atoms with E-state index in [1.165, 1.54) is 6.07 Å². The molecule has 18 heavy (non-hydrogen) atoms. The lowest BCUT2D eigenvalue weighted by Gasteiger charge is -2.16. The zero-order valence-electron chi connectivity index (χ0n) is 10.2. The second-order valence-electron chi connectivity index (χ2n) is 3.59. The summed E-state index contributed by atoms with van der Waals surface area (Å²) in [5.41, 5.74) is 0.581. The van der Waals surface area contributed by atoms with Crippen molar-refractivity contribution < 1.29 is 13.9 Å². The van der Waals surface area contributed by atoms with E-state index in [4.69, 9.17) is 14.7 Å². The van der Waals surface area contributed by atoms with Crippen LogP contribution in [-0.2, 0) is 9.47 Å². The third-order valence-electron chi connectivity index (χ3n) is 2.41. The van der Waals surface area contributed by atoms with Crippen LogP contribution in [0, 0.1) is 17.1 Å². The molecule has 0 saturated carbocycles. The Hall–Kier alpha value is -1.16. The highest BCUT2D eigenvalue weighted by molar-refractivity contribution is 9.10. The Balaban J connectivity index is 2.74. The lowest BCUT2D eigenvalue weighted by Crippen LogP contribution is -2.26. The van der Waals surface area contributed by atoms with Gasteiger partial charge in [0.15, 0.2) is 5.82 Å². The normalized spacial score (nSPS) is 11.9. The Labute approximate surface area is 114 Å². The minimum atomic E-state index is -0.485. The van der Waals surface area contributed by atoms with Gasteiger partial charge < -0.3 is 14.8 Å². The number of ether oxygens (including phenoxy) is 2. The highest BCUT2D eigenvalue weighted by Crippen LogP contribution is 2.26. The van der Waals surface area contributed by atoms with Crippen LogP contribution in [0.25, 0.3) is 0 Å². The summed E-state index contributed by atoms with van der Waals surface area (Å²) < 4.78 is 24.1. The maximum atomic E-state index is 13.9. The molecule has 0 aromatic heterocycles. The molecule has 1 unspecified atom stereocenters. The van der Waals surface area contributed by atoms with E-state index >= 15 is 0 Å². The third-order valence-corrected chi connectivity index (χ3v) is 3.18. The van der Waals surface area contributed by atoms with E-state index in [-0.39, 0.29) is 16.1 Å². The van der Waals surface area contributed by atoms with E-state index in [9.17, 15) is 4.39 Å². The molecule has 1 atom stereocenters. The summed E-state index contributed by atoms with van der Waals surface area (Å²) in [6.45, 7) is 0.835. The summed E-state index contributed by atoms with van der Waals surface area (Å²) in [5.74, 6) is -0.485. The standard InChI is InChI=1S/C12H14BrFN2O2/c1-17-7-9(18-2)6-16-10-4-3-8(5-15)11(13)12(10)14/h3-4,9,16H,6-7H2,1-2H3. The van der Waals surface area contributed by atoms with Gasteiger partial charge in [-0.1, -0.05) is 0 Å². The smallest absolute Gasteiger partial charge is 0.161 e. The summed E-state index contributed by atoms with van der Waals surface area (Å²) in [5, 5.41) is 11.7. The summed E-state index contributed by atoms with van der Waals surface area (Å²) in [6, 6.07) is 4.98. The largest absolute Gasteiger partial charge is 0.382 e. The number of rotatable bonds is 6. The second kappa shape index (κ2) is 7.31. The van der Waals surface area contributed by atoms with E-state index in [1.807, 2.05) is 6.07 Å². The molecule has 0 heterocycles. The van der Waals surface area contributed by atoms with Gasteiger partial charge in [-0.3, -0.25) is 0 Å². The fourth-order valence-electron chi connectivity index (χ4n) is 1.39. The predicted octanol–water partition coefficient (Wildman–Crippen LogP) is 2.53. The van der Waals surface area contributed by atoms with Crippen molar-refractivity contribution in [3.05, 3.63) is 28.0 Å². The van der Waals surface area contributed by atoms with Crippen molar-refractivity contribution in [2.75, 3.05) is 32.7 Å². The van der Waals surface area contributed by atoms with Crippen LogP contribution in [0.15, 0.2) is 16.6 Å². The lowest BCUT2D eigenvalue weighted by molar-refractivity contribution is 0.0365. The van der Waals surface area contributed by atoms with Crippen LogP contribution in [0.4, 0.5) is 10.1 Å². The Morgan fingerprint density at radius 1 is 1.50 bits per heavy atom. The summed E-state index contributed by atoms with van der Waals surface area (Å²) in [4.78, 5) is 0. The Morgan fingerprint density at radius 2 is 2.22 bits per heavy atom. The molecule has 98 valence electrons. The molecule has 1 N–H and O–H groups in total. The van der Waals surface area contributed by atoms with E-state index in [1.54, 1.807) is 20.3 Å². The van der Waals surface area contributed by atoms with E-state index < -0.39 is 5.82 Å². The molecule has 0 aliphatic rings. The first kappa shape index (κ1) is 14.9. The van der Waals surface area contributed by atoms with E-state index in [0.29, 0.717) is 18.8 Å². The van der Waals surface area contributed by atoms with Crippen molar-refractivity contribution in [3.8, 4) is 6.07 Å². The van der Waals surface area contributed by atoms with Gasteiger partial charge in [0.1, 0.15) is 6.07 Å². The van der Waals surface area contributed by atoms with Gasteiger partial charge in [-0.05, 0) is 28.1 Å². The van der Waals surface area contributed by atoms with Gasteiger partial charge in [-0.15, -0.1) is 0 Å². The van der Waals surface area contributed by atoms with Crippen molar-refractivity contribution in [1.29, 1.82) is 5.26 Å². The maximum Gasteiger partial charge on any atom is 0.161 e. The highest BCUT2D eigenvalue weighted by atomic mass is 79.9. The number of methoxy groups -OCH3 is 2. The molecule has 1 rings (SSSR count). The molecule has 0 aliphatic carbocycles. The van der Waals surface area contributed by atoms with Gasteiger partial charge in [-0.2, -0.15) is 5.26 Å². The molecule has 0 radical (unpaired) electrons. The fraction of sp³-hybridized carbons (Fsp3) is 0.417. The van der Waals surface area contributed by atoms with Gasteiger partial charge in [0, 0.05) is 20.8 Å². The van der Waals surface area contributed by atoms with Crippen molar-refractivity contribution in [1.82, 2.24) is 0 Å². The zero-order valence-corrected chi connectivity index (χ0v) is 11.8. The first-order chi connectivity index (χ1) is 8.63. The van der Waals surface area contributed by atoms with E-state index in [2.05, 4.69) is 21.2 Å². The van der Waals surface area contributed by atoms with Gasteiger partial charge in [-0.25, -0.2) is 4.39 Å². The molecule has 0 bridgehead atoms. The molecule has 0 fully saturated rings. The number of halogens is 2. The van der Waals surface area contributed by atoms with Gasteiger partial charge in [0.25, 0.3) is 0 Å². The molecular weight excluding hydrogens is 303 g/mol. The zero-order chi connectivity index (χ0) is 13.5. The second-order valence-corrected chi connectivity index (χ2v) is 4.39. The average molecular weight is 317 g/mol. The van der Waals surface area contributed by atoms with Crippen molar-refractivity contribution in [3.63, 3.8) is 0 Å². The van der Waals surface area contributed by atoms with Crippen LogP contribution in [0.3, 0.4) is 0 Å². The Bertz CT molecular complexity index is 448. The molecule has 6 heteroatoms. The monoisotopic (exact) mass is 316 g/mol. The minimum Gasteiger partial charge on any atom is -0.382 e. The lowest BCUT2D eigenvalue weighted by atomic mass is 10.2. The Kier molecular flexibility index (Phi) is 6.05. The summed E-state index contributed by atoms with van der Waals surface area (Å²) in [7, 11) is 3.14. The average Bonchev–Trinajstić information content (AvgIpc) is 2.39. The summed E-state index contributed by atoms with van der Waals surface area (Å²) in [6.07, 6.45) is -0.163. The Morgan fingerprint density at radius 3 is 2.78 bits per heavy atom. The van der Waals surface area contributed by atoms with Crippen molar-refractivity contribution in [2.45, 2.75) is 6.10 Å². The predicted molar refractivity (Wildman–Crippen MR) is 70.0 cm³/mol. The molecule has 0 aliphatic heterocycles. The topological polar surface area (TPSA) is 54.3 Å². The van der Waals surface area contributed by atoms with Crippen LogP contribution in [0.1, 0.15) is 5.56 Å². The molecule has 1 aromatic rings. The molecule has 0 spiro atoms. The molecule has 4 nitrogen and oxygen atoms in total. The minimum absolute atomic E-state index is 0.163. The van der Waals surface area contributed by atoms with Crippen LogP contribution >= 0.6 is 15.9 Å². The van der Waals surface area contributed by atoms with Gasteiger partial charge >= 0.3 is 0 Å². The maximum absolute atomic E-state index is 13.9. The van der Waals surface area contributed by atoms with Crippen LogP contribution < -0.4 is 5.32 Å². The number of nitriles is 1. The fourth-order valence-corrected chi connectivity index (χ4v) is 1.83. The van der Waals surface area contributed by atoms with Crippen LogP contribution in [0.2, 0.25) is 0 Å². The van der Waals surface area contributed by atoms with Gasteiger partial charge in [0.2, 0.25) is 0 Å².